The molecule has 0 bridgehead atoms. The van der Waals surface area contributed by atoms with Gasteiger partial charge in [-0.1, -0.05) is 19.0 Å². The van der Waals surface area contributed by atoms with E-state index in [1.807, 2.05) is 30.8 Å². The Morgan fingerprint density at radius 1 is 1.29 bits per heavy atom. The lowest BCUT2D eigenvalue weighted by atomic mass is 9.97. The maximum Gasteiger partial charge on any atom is 0.248 e. The van der Waals surface area contributed by atoms with E-state index >= 15 is 0 Å². The van der Waals surface area contributed by atoms with Gasteiger partial charge in [0.1, 0.15) is 10.6 Å². The second-order valence-electron chi connectivity index (χ2n) is 8.13. The number of piperidine rings is 1. The van der Waals surface area contributed by atoms with Gasteiger partial charge in [-0.15, -0.1) is 11.8 Å². The van der Waals surface area contributed by atoms with Gasteiger partial charge in [-0.05, 0) is 63.8 Å². The van der Waals surface area contributed by atoms with Gasteiger partial charge >= 0.3 is 0 Å². The van der Waals surface area contributed by atoms with E-state index in [1.54, 1.807) is 13.8 Å². The van der Waals surface area contributed by atoms with Crippen LogP contribution in [0.4, 0.5) is 5.69 Å². The van der Waals surface area contributed by atoms with Crippen LogP contribution in [0.1, 0.15) is 50.1 Å². The molecule has 1 aromatic heterocycles. The van der Waals surface area contributed by atoms with E-state index < -0.39 is 10.0 Å². The Bertz CT molecular complexity index is 1020. The number of amides is 1. The molecule has 1 fully saturated rings. The summed E-state index contributed by atoms with van der Waals surface area (Å²) in [7, 11) is -3.67. The summed E-state index contributed by atoms with van der Waals surface area (Å²) < 4.78 is 32.4. The number of hydrogen-bond acceptors (Lipinski definition) is 6. The number of hydrogen-bond donors (Lipinski definition) is 1. The van der Waals surface area contributed by atoms with Crippen LogP contribution in [0, 0.1) is 26.7 Å². The lowest BCUT2D eigenvalue weighted by molar-refractivity contribution is -0.120. The monoisotopic (exact) mass is 465 g/mol. The molecular formula is C22H31N3O4S2. The first kappa shape index (κ1) is 23.8. The van der Waals surface area contributed by atoms with E-state index in [9.17, 15) is 13.2 Å². The Hall–Kier alpha value is -1.84. The number of thioether (sulfide) groups is 1. The zero-order chi connectivity index (χ0) is 22.8. The van der Waals surface area contributed by atoms with Crippen molar-refractivity contribution in [3.63, 3.8) is 0 Å². The summed E-state index contributed by atoms with van der Waals surface area (Å²) in [6.07, 6.45) is 2.07. The van der Waals surface area contributed by atoms with Crippen LogP contribution in [0.3, 0.4) is 0 Å². The van der Waals surface area contributed by atoms with Crippen molar-refractivity contribution in [3.05, 3.63) is 35.2 Å². The SMILES string of the molecule is CCC(C)Sc1ccc(NC(=O)C2CCN(S(=O)(=O)c3c(C)noc3C)CC2)c(C)c1. The predicted molar refractivity (Wildman–Crippen MR) is 123 cm³/mol. The van der Waals surface area contributed by atoms with Gasteiger partial charge in [0.15, 0.2) is 5.76 Å². The molecule has 0 aliphatic carbocycles. The molecule has 1 aliphatic rings. The number of carbonyl (C=O) groups is 1. The standard InChI is InChI=1S/C22H31N3O4S2/c1-6-15(3)30-19-7-8-20(14(2)13-19)23-22(26)18-9-11-25(12-10-18)31(27,28)21-16(4)24-29-17(21)5/h7-8,13,15,18H,6,9-12H2,1-5H3,(H,23,26). The first-order valence-corrected chi connectivity index (χ1v) is 13.0. The predicted octanol–water partition coefficient (Wildman–Crippen LogP) is 4.53. The highest BCUT2D eigenvalue weighted by atomic mass is 32.2. The summed E-state index contributed by atoms with van der Waals surface area (Å²) in [5, 5.41) is 7.34. The topological polar surface area (TPSA) is 92.5 Å². The van der Waals surface area contributed by atoms with Crippen LogP contribution in [0.25, 0.3) is 0 Å². The van der Waals surface area contributed by atoms with Gasteiger partial charge < -0.3 is 9.84 Å². The van der Waals surface area contributed by atoms with Crippen LogP contribution in [-0.4, -0.2) is 42.1 Å². The third-order valence-corrected chi connectivity index (χ3v) is 9.16. The van der Waals surface area contributed by atoms with E-state index in [0.29, 0.717) is 42.6 Å². The normalized spacial score (nSPS) is 16.9. The number of benzene rings is 1. The van der Waals surface area contributed by atoms with E-state index in [4.69, 9.17) is 4.52 Å². The first-order chi connectivity index (χ1) is 14.6. The van der Waals surface area contributed by atoms with Crippen LogP contribution in [-0.2, 0) is 14.8 Å². The number of aryl methyl sites for hydroxylation is 3. The number of sulfonamides is 1. The first-order valence-electron chi connectivity index (χ1n) is 10.6. The molecule has 1 saturated heterocycles. The Labute approximate surface area is 189 Å². The minimum atomic E-state index is -3.67. The lowest BCUT2D eigenvalue weighted by Gasteiger charge is -2.30. The van der Waals surface area contributed by atoms with Crippen molar-refractivity contribution >= 4 is 33.4 Å². The molecule has 2 aromatic rings. The van der Waals surface area contributed by atoms with Crippen LogP contribution in [0.5, 0.6) is 0 Å². The van der Waals surface area contributed by atoms with Crippen LogP contribution in [0.15, 0.2) is 32.5 Å². The molecule has 9 heteroatoms. The highest BCUT2D eigenvalue weighted by Gasteiger charge is 2.35. The molecule has 0 radical (unpaired) electrons. The molecule has 1 atom stereocenters. The smallest absolute Gasteiger partial charge is 0.248 e. The van der Waals surface area contributed by atoms with Crippen LogP contribution < -0.4 is 5.32 Å². The Kier molecular flexibility index (Phi) is 7.49. The summed E-state index contributed by atoms with van der Waals surface area (Å²) >= 11 is 1.83. The highest BCUT2D eigenvalue weighted by molar-refractivity contribution is 7.99. The average Bonchev–Trinajstić information content (AvgIpc) is 3.08. The van der Waals surface area contributed by atoms with E-state index in [1.165, 1.54) is 9.20 Å². The fraction of sp³-hybridized carbons (Fsp3) is 0.545. The Balaban J connectivity index is 1.61. The molecule has 1 aromatic carbocycles. The molecule has 3 rings (SSSR count). The molecule has 7 nitrogen and oxygen atoms in total. The summed E-state index contributed by atoms with van der Waals surface area (Å²) in [5.74, 6) is 0.0206. The third kappa shape index (κ3) is 5.32. The summed E-state index contributed by atoms with van der Waals surface area (Å²) in [5.41, 5.74) is 2.20. The summed E-state index contributed by atoms with van der Waals surface area (Å²) in [6, 6.07) is 6.10. The lowest BCUT2D eigenvalue weighted by Crippen LogP contribution is -2.41. The molecule has 31 heavy (non-hydrogen) atoms. The van der Waals surface area contributed by atoms with Crippen molar-refractivity contribution in [2.24, 2.45) is 5.92 Å². The van der Waals surface area contributed by atoms with E-state index in [0.717, 1.165) is 17.7 Å². The molecule has 1 N–H and O–H groups in total. The maximum absolute atomic E-state index is 13.0. The molecule has 170 valence electrons. The molecule has 2 heterocycles. The average molecular weight is 466 g/mol. The molecule has 1 amide bonds. The third-order valence-electron chi connectivity index (χ3n) is 5.76. The number of nitrogens with zero attached hydrogens (tertiary/aromatic N) is 2. The number of nitrogens with one attached hydrogen (secondary N) is 1. The minimum absolute atomic E-state index is 0.0557. The van der Waals surface area contributed by atoms with Gasteiger partial charge in [0, 0.05) is 34.8 Å². The fourth-order valence-electron chi connectivity index (χ4n) is 3.73. The number of aromatic nitrogens is 1. The van der Waals surface area contributed by atoms with Crippen molar-refractivity contribution < 1.29 is 17.7 Å². The molecular weight excluding hydrogens is 434 g/mol. The van der Waals surface area contributed by atoms with Gasteiger partial charge in [0.05, 0.1) is 0 Å². The van der Waals surface area contributed by atoms with Gasteiger partial charge in [0.2, 0.25) is 15.9 Å². The van der Waals surface area contributed by atoms with E-state index in [2.05, 4.69) is 30.4 Å². The Morgan fingerprint density at radius 3 is 2.52 bits per heavy atom. The molecule has 1 unspecified atom stereocenters. The molecule has 1 aliphatic heterocycles. The summed E-state index contributed by atoms with van der Waals surface area (Å²) in [4.78, 5) is 14.1. The van der Waals surface area contributed by atoms with Crippen molar-refractivity contribution in [1.29, 1.82) is 0 Å². The quantitative estimate of drug-likeness (QED) is 0.604. The zero-order valence-corrected chi connectivity index (χ0v) is 20.4. The van der Waals surface area contributed by atoms with Gasteiger partial charge in [-0.25, -0.2) is 8.42 Å². The van der Waals surface area contributed by atoms with Crippen molar-refractivity contribution in [3.8, 4) is 0 Å². The Morgan fingerprint density at radius 2 is 1.97 bits per heavy atom. The molecule has 0 saturated carbocycles. The highest BCUT2D eigenvalue weighted by Crippen LogP contribution is 2.30. The van der Waals surface area contributed by atoms with Crippen molar-refractivity contribution in [2.75, 3.05) is 18.4 Å². The van der Waals surface area contributed by atoms with Crippen molar-refractivity contribution in [1.82, 2.24) is 9.46 Å². The minimum Gasteiger partial charge on any atom is -0.360 e. The number of carbonyl (C=O) groups excluding carboxylic acids is 1. The van der Waals surface area contributed by atoms with Gasteiger partial charge in [-0.3, -0.25) is 4.79 Å². The van der Waals surface area contributed by atoms with Crippen LogP contribution >= 0.6 is 11.8 Å². The summed E-state index contributed by atoms with van der Waals surface area (Å²) in [6.45, 7) is 10.2. The second-order valence-corrected chi connectivity index (χ2v) is 11.5. The number of rotatable bonds is 7. The number of anilines is 1. The van der Waals surface area contributed by atoms with Crippen molar-refractivity contribution in [2.45, 2.75) is 68.9 Å². The second kappa shape index (κ2) is 9.75. The largest absolute Gasteiger partial charge is 0.360 e. The van der Waals surface area contributed by atoms with E-state index in [-0.39, 0.29) is 16.7 Å². The van der Waals surface area contributed by atoms with Gasteiger partial charge in [-0.2, -0.15) is 4.31 Å². The van der Waals surface area contributed by atoms with Gasteiger partial charge in [0.25, 0.3) is 0 Å². The maximum atomic E-state index is 13.0. The van der Waals surface area contributed by atoms with Crippen LogP contribution in [0.2, 0.25) is 0 Å². The molecule has 0 spiro atoms. The fourth-order valence-corrected chi connectivity index (χ4v) is 6.51. The zero-order valence-electron chi connectivity index (χ0n) is 18.8.